The number of carboxylic acids is 4. The Kier molecular flexibility index (Phi) is 20.4. The smallest absolute Gasteiger partial charge is 0.339 e. The van der Waals surface area contributed by atoms with Crippen LogP contribution in [0.5, 0.6) is 11.5 Å². The number of para-hydroxylation sites is 4. The summed E-state index contributed by atoms with van der Waals surface area (Å²) in [6, 6.07) is 31.3. The molecule has 1 unspecified atom stereocenters. The van der Waals surface area contributed by atoms with E-state index < -0.39 is 52.8 Å². The molecule has 2 heterocycles. The molecule has 0 amide bonds. The molecule has 0 saturated carbocycles. The summed E-state index contributed by atoms with van der Waals surface area (Å²) >= 11 is 12.1. The summed E-state index contributed by atoms with van der Waals surface area (Å²) in [5, 5.41) is 50.3. The number of nitrogens with one attached hydrogen (secondary N) is 2. The molecule has 1 aliphatic heterocycles. The minimum absolute atomic E-state index is 0. The van der Waals surface area contributed by atoms with E-state index in [1.807, 2.05) is 13.0 Å². The van der Waals surface area contributed by atoms with E-state index in [0.717, 1.165) is 42.3 Å². The van der Waals surface area contributed by atoms with Gasteiger partial charge < -0.3 is 45.3 Å². The Morgan fingerprint density at radius 2 is 1.40 bits per heavy atom. The summed E-state index contributed by atoms with van der Waals surface area (Å²) < 4.78 is 36.9. The third kappa shape index (κ3) is 14.4. The number of esters is 1. The number of ether oxygens (including phenoxy) is 2. The van der Waals surface area contributed by atoms with E-state index in [0.29, 0.717) is 46.1 Å². The molecule has 8 rings (SSSR count). The molecule has 0 fully saturated rings. The maximum absolute atomic E-state index is 13.5. The van der Waals surface area contributed by atoms with Gasteiger partial charge in [0.25, 0.3) is 0 Å². The van der Waals surface area contributed by atoms with Gasteiger partial charge in [0.1, 0.15) is 39.9 Å². The van der Waals surface area contributed by atoms with E-state index in [4.69, 9.17) is 43.3 Å². The van der Waals surface area contributed by atoms with Crippen molar-refractivity contribution < 1.29 is 72.5 Å². The van der Waals surface area contributed by atoms with Crippen LogP contribution in [0.15, 0.2) is 121 Å². The highest BCUT2D eigenvalue weighted by atomic mass is 35.5. The van der Waals surface area contributed by atoms with Crippen LogP contribution in [0.4, 0.5) is 24.9 Å². The number of rotatable bonds is 12. The van der Waals surface area contributed by atoms with Gasteiger partial charge in [-0.2, -0.15) is 0 Å². The van der Waals surface area contributed by atoms with Gasteiger partial charge in [-0.3, -0.25) is 19.1 Å². The molecule has 7 N–H and O–H groups in total. The second kappa shape index (κ2) is 25.8. The highest BCUT2D eigenvalue weighted by molar-refractivity contribution is 6.39. The molecule has 0 bridgehead atoms. The maximum atomic E-state index is 13.5. The van der Waals surface area contributed by atoms with Crippen LogP contribution >= 0.6 is 23.2 Å². The zero-order valence-electron chi connectivity index (χ0n) is 38.8. The second-order valence-corrected chi connectivity index (χ2v) is 16.5. The lowest BCUT2D eigenvalue weighted by molar-refractivity contribution is -0.148. The van der Waals surface area contributed by atoms with Gasteiger partial charge in [0, 0.05) is 35.1 Å². The third-order valence-electron chi connectivity index (χ3n) is 11.0. The molecular formula is C53H49Cl2F3N2O12. The number of aliphatic carboxylic acids is 2. The summed E-state index contributed by atoms with van der Waals surface area (Å²) in [6.07, 6.45) is 2.39. The monoisotopic (exact) mass is 1030 g/mol. The Morgan fingerprint density at radius 1 is 0.764 bits per heavy atom. The van der Waals surface area contributed by atoms with E-state index in [-0.39, 0.29) is 45.5 Å². The third-order valence-corrected chi connectivity index (χ3v) is 11.7. The van der Waals surface area contributed by atoms with E-state index in [2.05, 4.69) is 40.2 Å². The molecule has 1 aliphatic rings. The number of halogens is 5. The van der Waals surface area contributed by atoms with Gasteiger partial charge in [0.15, 0.2) is 0 Å². The zero-order chi connectivity index (χ0) is 52.0. The molecule has 1 aromatic heterocycles. The van der Waals surface area contributed by atoms with Crippen LogP contribution < -0.4 is 10.1 Å². The summed E-state index contributed by atoms with van der Waals surface area (Å²) in [6.45, 7) is 5.93. The zero-order valence-corrected chi connectivity index (χ0v) is 40.3. The summed E-state index contributed by atoms with van der Waals surface area (Å²) in [7, 11) is 0. The minimum atomic E-state index is -1.32. The summed E-state index contributed by atoms with van der Waals surface area (Å²) in [4.78, 5) is 57.6. The van der Waals surface area contributed by atoms with Crippen LogP contribution in [0.3, 0.4) is 0 Å². The fraction of sp³-hybridized carbons (Fsp3) is 0.189. The second-order valence-electron chi connectivity index (χ2n) is 15.7. The van der Waals surface area contributed by atoms with Gasteiger partial charge >= 0.3 is 29.8 Å². The van der Waals surface area contributed by atoms with E-state index in [9.17, 15) is 43.0 Å². The van der Waals surface area contributed by atoms with Gasteiger partial charge in [-0.25, -0.2) is 18.4 Å². The van der Waals surface area contributed by atoms with Crippen molar-refractivity contribution in [3.05, 3.63) is 177 Å². The first-order chi connectivity index (χ1) is 33.8. The fourth-order valence-electron chi connectivity index (χ4n) is 7.68. The first kappa shape index (κ1) is 56.7. The predicted molar refractivity (Wildman–Crippen MR) is 267 cm³/mol. The predicted octanol–water partition coefficient (Wildman–Crippen LogP) is 12.2. The Balaban J connectivity index is 0.000000210. The van der Waals surface area contributed by atoms with Crippen molar-refractivity contribution in [3.8, 4) is 22.6 Å². The number of carbonyl (C=O) groups is 5. The van der Waals surface area contributed by atoms with Crippen molar-refractivity contribution in [1.82, 2.24) is 4.98 Å². The lowest BCUT2D eigenvalue weighted by Crippen LogP contribution is -2.37. The minimum Gasteiger partial charge on any atom is -0.507 e. The highest BCUT2D eigenvalue weighted by Gasteiger charge is 2.41. The topological polar surface area (TPSA) is 233 Å². The molecule has 19 heteroatoms. The maximum Gasteiger partial charge on any atom is 0.339 e. The number of hydrogen-bond donors (Lipinski definition) is 7. The number of aromatic nitrogens is 1. The molecule has 0 saturated heterocycles. The number of anilines is 2. The first-order valence-corrected chi connectivity index (χ1v) is 22.6. The number of H-pyrrole nitrogens is 1. The number of fused-ring (bicyclic) bond motifs is 3. The average molecular weight is 1030 g/mol. The lowest BCUT2D eigenvalue weighted by atomic mass is 9.86. The molecule has 378 valence electrons. The molecule has 1 atom stereocenters. The Labute approximate surface area is 420 Å². The van der Waals surface area contributed by atoms with Crippen LogP contribution in [0.2, 0.25) is 10.0 Å². The summed E-state index contributed by atoms with van der Waals surface area (Å²) in [5.41, 5.74) is 5.78. The van der Waals surface area contributed by atoms with E-state index in [1.165, 1.54) is 47.7 Å². The fourth-order valence-corrected chi connectivity index (χ4v) is 8.17. The quantitative estimate of drug-likeness (QED) is 0.0446. The molecule has 14 nitrogen and oxygen atoms in total. The lowest BCUT2D eigenvalue weighted by Gasteiger charge is -2.35. The van der Waals surface area contributed by atoms with Gasteiger partial charge in [-0.15, -0.1) is 0 Å². The van der Waals surface area contributed by atoms with Crippen LogP contribution in [0, 0.1) is 11.6 Å². The molecule has 6 aromatic carbocycles. The number of aromatic hydroxyl groups is 1. The van der Waals surface area contributed by atoms with Crippen molar-refractivity contribution in [2.24, 2.45) is 0 Å². The van der Waals surface area contributed by atoms with Crippen LogP contribution in [0.25, 0.3) is 22.0 Å². The van der Waals surface area contributed by atoms with Crippen LogP contribution in [-0.2, 0) is 44.0 Å². The number of phenols is 1. The van der Waals surface area contributed by atoms with Crippen molar-refractivity contribution in [3.63, 3.8) is 0 Å². The Hall–Kier alpha value is -7.86. The number of aromatic carboxylic acids is 2. The normalized spacial score (nSPS) is 13.2. The van der Waals surface area contributed by atoms with Gasteiger partial charge in [0.05, 0.1) is 40.9 Å². The SMILES string of the molecule is CC(=O)Oc1ccccc1C(=O)O.CCc1cccc2c3c([nH]c12)C(CC)(CC(=O)O)OCC3.F.O=C(O)Cc1ccccc1Nc1c(Cl)cccc1Cl.O=C(O)c1cc(-c2ccc(F)cc2F)ccc1O. The molecule has 7 aromatic rings. The van der Waals surface area contributed by atoms with Crippen molar-refractivity contribution in [2.75, 3.05) is 11.9 Å². The Morgan fingerprint density at radius 3 is 2.01 bits per heavy atom. The van der Waals surface area contributed by atoms with Crippen molar-refractivity contribution in [2.45, 2.75) is 58.5 Å². The molecule has 0 aliphatic carbocycles. The van der Waals surface area contributed by atoms with E-state index >= 15 is 0 Å². The number of aryl methyl sites for hydroxylation is 1. The van der Waals surface area contributed by atoms with Crippen LogP contribution in [0.1, 0.15) is 76.7 Å². The summed E-state index contributed by atoms with van der Waals surface area (Å²) in [5.74, 6) is -6.53. The number of benzene rings is 6. The van der Waals surface area contributed by atoms with Gasteiger partial charge in [-0.05, 0) is 96.1 Å². The van der Waals surface area contributed by atoms with E-state index in [1.54, 1.807) is 48.5 Å². The van der Waals surface area contributed by atoms with Crippen molar-refractivity contribution >= 4 is 75.3 Å². The molecular weight excluding hydrogens is 984 g/mol. The standard InChI is InChI=1S/C17H21NO3.C14H11Cl2NO2.C13H8F2O3.C9H8O4.FH/c1-3-11-6-5-7-12-13-8-9-21-17(4-2,10-14(19)20)16(13)18-15(11)12;15-10-5-3-6-11(16)14(10)17-12-7-2-1-4-9(12)8-13(18)19;14-8-2-3-9(11(15)6-8)7-1-4-12(16)10(5-7)13(17)18;1-6(10)13-8-5-3-2-4-7(8)9(11)12;/h5-7,18H,3-4,8-10H2,1-2H3,(H,19,20);1-7,17H,8H2,(H,18,19);1-6,16H,(H,17,18);2-5H,1H3,(H,11,12);1H. The molecule has 72 heavy (non-hydrogen) atoms. The van der Waals surface area contributed by atoms with Gasteiger partial charge in [0.2, 0.25) is 0 Å². The number of carboxylic acid groups (broad SMARTS) is 4. The number of hydrogen-bond acceptors (Lipinski definition) is 9. The number of carbonyl (C=O) groups excluding carboxylic acids is 1. The Bertz CT molecular complexity index is 3070. The van der Waals surface area contributed by atoms with Gasteiger partial charge in [-0.1, -0.05) is 97.7 Å². The number of aromatic amines is 1. The molecule has 0 radical (unpaired) electrons. The average Bonchev–Trinajstić information content (AvgIpc) is 3.72. The molecule has 0 spiro atoms. The van der Waals surface area contributed by atoms with Crippen molar-refractivity contribution in [1.29, 1.82) is 0 Å². The largest absolute Gasteiger partial charge is 0.507 e. The van der Waals surface area contributed by atoms with Crippen LogP contribution in [-0.4, -0.2) is 67.0 Å². The first-order valence-electron chi connectivity index (χ1n) is 21.8. The highest BCUT2D eigenvalue weighted by Crippen LogP contribution is 2.42.